The summed E-state index contributed by atoms with van der Waals surface area (Å²) in [4.78, 5) is 11.2. The summed E-state index contributed by atoms with van der Waals surface area (Å²) >= 11 is 0. The Morgan fingerprint density at radius 1 is 1.40 bits per heavy atom. The van der Waals surface area contributed by atoms with Gasteiger partial charge in [0.2, 0.25) is 0 Å². The third-order valence-corrected chi connectivity index (χ3v) is 5.34. The fourth-order valence-electron chi connectivity index (χ4n) is 3.74. The van der Waals surface area contributed by atoms with Crippen molar-refractivity contribution in [3.63, 3.8) is 0 Å². The first kappa shape index (κ1) is 22.3. The Labute approximate surface area is 176 Å². The zero-order valence-corrected chi connectivity index (χ0v) is 17.5. The van der Waals surface area contributed by atoms with E-state index in [1.807, 2.05) is 31.2 Å². The maximum absolute atomic E-state index is 11.2. The van der Waals surface area contributed by atoms with E-state index in [0.29, 0.717) is 13.0 Å². The van der Waals surface area contributed by atoms with Crippen molar-refractivity contribution in [2.24, 2.45) is 11.8 Å². The molecule has 8 heteroatoms. The number of aromatic nitrogens is 2. The van der Waals surface area contributed by atoms with Gasteiger partial charge in [0.1, 0.15) is 0 Å². The Bertz CT molecular complexity index is 855. The van der Waals surface area contributed by atoms with Crippen molar-refractivity contribution >= 4 is 16.7 Å². The first-order valence-corrected chi connectivity index (χ1v) is 10.3. The number of hydrogen-bond donors (Lipinski definition) is 2. The lowest BCUT2D eigenvalue weighted by Gasteiger charge is -2.39. The lowest BCUT2D eigenvalue weighted by atomic mass is 9.89. The van der Waals surface area contributed by atoms with E-state index in [4.69, 9.17) is 15.3 Å². The predicted molar refractivity (Wildman–Crippen MR) is 113 cm³/mol. The molecule has 2 heterocycles. The number of methoxy groups -OCH3 is 1. The summed E-state index contributed by atoms with van der Waals surface area (Å²) < 4.78 is 16.6. The minimum absolute atomic E-state index is 0.0971. The van der Waals surface area contributed by atoms with E-state index in [2.05, 4.69) is 32.5 Å². The van der Waals surface area contributed by atoms with Crippen molar-refractivity contribution in [2.75, 3.05) is 13.7 Å². The molecule has 1 aromatic carbocycles. The van der Waals surface area contributed by atoms with E-state index in [9.17, 15) is 4.79 Å². The molecule has 0 bridgehead atoms. The fraction of sp³-hybridized carbons (Fsp3) is 0.500. The van der Waals surface area contributed by atoms with Crippen LogP contribution in [0.3, 0.4) is 0 Å². The molecule has 0 spiro atoms. The summed E-state index contributed by atoms with van der Waals surface area (Å²) in [6.45, 7) is 2.45. The van der Waals surface area contributed by atoms with Gasteiger partial charge in [-0.1, -0.05) is 36.4 Å². The van der Waals surface area contributed by atoms with Crippen LogP contribution in [0.4, 0.5) is 0 Å². The number of rotatable bonds is 9. The first-order chi connectivity index (χ1) is 14.6. The van der Waals surface area contributed by atoms with Gasteiger partial charge in [0.25, 0.3) is 0 Å². The van der Waals surface area contributed by atoms with Crippen LogP contribution in [0.25, 0.3) is 10.8 Å². The second kappa shape index (κ2) is 11.1. The lowest BCUT2D eigenvalue weighted by Crippen LogP contribution is -2.48. The van der Waals surface area contributed by atoms with Crippen molar-refractivity contribution in [3.8, 4) is 0 Å². The number of carbonyl (C=O) groups excluding carboxylic acids is 1. The number of hydrogen-bond acceptors (Lipinski definition) is 8. The molecule has 0 saturated carbocycles. The highest BCUT2D eigenvalue weighted by Crippen LogP contribution is 2.33. The second-order valence-electron chi connectivity index (χ2n) is 7.40. The van der Waals surface area contributed by atoms with Crippen LogP contribution in [0.5, 0.6) is 0 Å². The molecule has 162 valence electrons. The number of carbonyl (C=O) groups is 1. The Hall–Kier alpha value is -2.39. The van der Waals surface area contributed by atoms with Gasteiger partial charge < -0.3 is 14.2 Å². The molecule has 0 amide bonds. The quantitative estimate of drug-likeness (QED) is 0.212. The van der Waals surface area contributed by atoms with Crippen LogP contribution in [0, 0.1) is 5.92 Å². The number of allylic oxidation sites excluding steroid dienone is 2. The number of benzene rings is 1. The highest BCUT2D eigenvalue weighted by molar-refractivity contribution is 5.83. The highest BCUT2D eigenvalue weighted by Gasteiger charge is 2.37. The van der Waals surface area contributed by atoms with Crippen LogP contribution in [0.15, 0.2) is 42.6 Å². The molecule has 3 rings (SSSR count). The molecule has 30 heavy (non-hydrogen) atoms. The Morgan fingerprint density at radius 2 is 2.23 bits per heavy atom. The van der Waals surface area contributed by atoms with E-state index >= 15 is 0 Å². The molecule has 1 aliphatic heterocycles. The molecule has 1 saturated heterocycles. The van der Waals surface area contributed by atoms with Crippen molar-refractivity contribution in [1.29, 1.82) is 0 Å². The van der Waals surface area contributed by atoms with Crippen LogP contribution >= 0.6 is 0 Å². The first-order valence-electron chi connectivity index (χ1n) is 10.3. The molecule has 1 aromatic heterocycles. The molecule has 1 unspecified atom stereocenters. The zero-order valence-electron chi connectivity index (χ0n) is 17.5. The van der Waals surface area contributed by atoms with Crippen LogP contribution in [-0.2, 0) is 19.0 Å². The van der Waals surface area contributed by atoms with E-state index < -0.39 is 0 Å². The smallest absolute Gasteiger partial charge is 0.305 e. The second-order valence-corrected chi connectivity index (χ2v) is 7.40. The molecule has 1 fully saturated rings. The Balaban J connectivity index is 1.72. The van der Waals surface area contributed by atoms with Gasteiger partial charge >= 0.3 is 5.97 Å². The summed E-state index contributed by atoms with van der Waals surface area (Å²) in [5.74, 6) is 5.89. The predicted octanol–water partition coefficient (Wildman–Crippen LogP) is 2.80. The van der Waals surface area contributed by atoms with Crippen LogP contribution in [0.2, 0.25) is 0 Å². The average molecular weight is 415 g/mol. The molecule has 4 atom stereocenters. The highest BCUT2D eigenvalue weighted by atomic mass is 16.7. The van der Waals surface area contributed by atoms with Crippen molar-refractivity contribution in [2.45, 2.75) is 51.0 Å². The monoisotopic (exact) mass is 414 g/mol. The fourth-order valence-corrected chi connectivity index (χ4v) is 3.74. The van der Waals surface area contributed by atoms with Gasteiger partial charge in [-0.15, -0.1) is 0 Å². The summed E-state index contributed by atoms with van der Waals surface area (Å²) in [5, 5.41) is 10.5. The summed E-state index contributed by atoms with van der Waals surface area (Å²) in [6.07, 6.45) is 8.17. The van der Waals surface area contributed by atoms with E-state index in [1.54, 1.807) is 6.20 Å². The minimum atomic E-state index is -0.326. The van der Waals surface area contributed by atoms with Crippen molar-refractivity contribution < 1.29 is 19.0 Å². The topological polar surface area (TPSA) is 109 Å². The molecular formula is C22H30N4O4. The van der Waals surface area contributed by atoms with Crippen LogP contribution < -0.4 is 11.3 Å². The Kier molecular flexibility index (Phi) is 8.27. The maximum Gasteiger partial charge on any atom is 0.305 e. The van der Waals surface area contributed by atoms with E-state index in [0.717, 1.165) is 35.7 Å². The normalized spacial score (nSPS) is 23.0. The third-order valence-electron chi connectivity index (χ3n) is 5.34. The lowest BCUT2D eigenvalue weighted by molar-refractivity contribution is -0.235. The van der Waals surface area contributed by atoms with Gasteiger partial charge in [-0.05, 0) is 26.2 Å². The van der Waals surface area contributed by atoms with Gasteiger partial charge in [0, 0.05) is 23.1 Å². The molecule has 1 aliphatic rings. The zero-order chi connectivity index (χ0) is 21.3. The molecule has 8 nitrogen and oxygen atoms in total. The summed E-state index contributed by atoms with van der Waals surface area (Å²) in [5.41, 5.74) is 3.67. The molecule has 0 radical (unpaired) electrons. The largest absolute Gasteiger partial charge is 0.469 e. The standard InChI is InChI=1S/C22H30N4O4/c1-15-29-14-17(10-5-3-4-6-12-19(27)28-2)22(30-15)21(25-23)20-18-11-8-7-9-16(18)13-24-26-20/h3,5,7-9,11,13,15,17,21-22,25H,4,6,10,12,14,23H2,1-2H3/b5-3-/t15-,17+,21?,22-/m1/s1. The van der Waals surface area contributed by atoms with Gasteiger partial charge in [0.15, 0.2) is 6.29 Å². The van der Waals surface area contributed by atoms with Crippen LogP contribution in [-0.4, -0.2) is 42.3 Å². The van der Waals surface area contributed by atoms with Gasteiger partial charge in [-0.25, -0.2) is 5.43 Å². The molecular weight excluding hydrogens is 384 g/mol. The maximum atomic E-state index is 11.2. The number of fused-ring (bicyclic) bond motifs is 1. The molecule has 3 N–H and O–H groups in total. The van der Waals surface area contributed by atoms with Crippen molar-refractivity contribution in [3.05, 3.63) is 48.3 Å². The number of unbranched alkanes of at least 4 members (excludes halogenated alkanes) is 1. The van der Waals surface area contributed by atoms with Gasteiger partial charge in [0.05, 0.1) is 37.8 Å². The summed E-state index contributed by atoms with van der Waals surface area (Å²) in [7, 11) is 1.41. The van der Waals surface area contributed by atoms with E-state index in [1.165, 1.54) is 7.11 Å². The number of nitrogens with two attached hydrogens (primary N) is 1. The third kappa shape index (κ3) is 5.60. The Morgan fingerprint density at radius 3 is 3.03 bits per heavy atom. The van der Waals surface area contributed by atoms with Crippen molar-refractivity contribution in [1.82, 2.24) is 15.6 Å². The molecule has 0 aliphatic carbocycles. The van der Waals surface area contributed by atoms with Crippen LogP contribution in [0.1, 0.15) is 44.3 Å². The number of esters is 1. The summed E-state index contributed by atoms with van der Waals surface area (Å²) in [6, 6.07) is 7.64. The average Bonchev–Trinajstić information content (AvgIpc) is 2.77. The SMILES string of the molecule is COC(=O)CCC/C=C\C[C@H]1CO[C@@H](C)O[C@H]1C(NN)c1nncc2ccccc12. The number of ether oxygens (including phenoxy) is 3. The van der Waals surface area contributed by atoms with Gasteiger partial charge in [-0.2, -0.15) is 10.2 Å². The number of nitrogens with one attached hydrogen (secondary N) is 1. The number of nitrogens with zero attached hydrogens (tertiary/aromatic N) is 2. The number of hydrazine groups is 1. The minimum Gasteiger partial charge on any atom is -0.469 e. The molecule has 2 aromatic rings. The van der Waals surface area contributed by atoms with E-state index in [-0.39, 0.29) is 30.3 Å². The van der Waals surface area contributed by atoms with Gasteiger partial charge in [-0.3, -0.25) is 10.6 Å².